The molecule has 0 saturated carbocycles. The summed E-state index contributed by atoms with van der Waals surface area (Å²) in [6.07, 6.45) is 2.65. The fourth-order valence-corrected chi connectivity index (χ4v) is 1.77. The van der Waals surface area contributed by atoms with Gasteiger partial charge in [0, 0.05) is 32.3 Å². The van der Waals surface area contributed by atoms with Crippen LogP contribution in [0.4, 0.5) is 0 Å². The van der Waals surface area contributed by atoms with Gasteiger partial charge in [0.25, 0.3) is 0 Å². The predicted molar refractivity (Wildman–Crippen MR) is 78.6 cm³/mol. The van der Waals surface area contributed by atoms with E-state index in [1.54, 1.807) is 7.11 Å². The molecular formula is C14H23ClN2O3. The van der Waals surface area contributed by atoms with Crippen LogP contribution >= 0.6 is 11.6 Å². The molecule has 0 saturated heterocycles. The molecule has 1 aromatic heterocycles. The highest BCUT2D eigenvalue weighted by atomic mass is 35.5. The normalized spacial score (nSPS) is 10.8. The molecule has 20 heavy (non-hydrogen) atoms. The van der Waals surface area contributed by atoms with E-state index in [4.69, 9.17) is 25.8 Å². The Morgan fingerprint density at radius 3 is 2.60 bits per heavy atom. The summed E-state index contributed by atoms with van der Waals surface area (Å²) in [6.45, 7) is 6.28. The molecule has 0 atom stereocenters. The summed E-state index contributed by atoms with van der Waals surface area (Å²) in [6, 6.07) is 0. The number of rotatable bonds is 10. The number of nitrogens with zero attached hydrogens (tertiary/aromatic N) is 2. The number of hydrogen-bond acceptors (Lipinski definition) is 5. The van der Waals surface area contributed by atoms with E-state index in [2.05, 4.69) is 16.9 Å². The van der Waals surface area contributed by atoms with Crippen molar-refractivity contribution in [1.29, 1.82) is 0 Å². The van der Waals surface area contributed by atoms with Gasteiger partial charge in [0.1, 0.15) is 17.6 Å². The van der Waals surface area contributed by atoms with Gasteiger partial charge in [-0.2, -0.15) is 4.98 Å². The number of methoxy groups -OCH3 is 1. The minimum atomic E-state index is 0.451. The second-order valence-electron chi connectivity index (χ2n) is 4.42. The molecule has 6 heteroatoms. The van der Waals surface area contributed by atoms with Gasteiger partial charge in [0.05, 0.1) is 6.61 Å². The number of halogens is 1. The standard InChI is InChI=1S/C14H23ClN2O3/c1-4-6-12-16-13(15)11(2)14(17-12)20-10-9-19-8-5-7-18-3/h4-10H2,1-3H3. The van der Waals surface area contributed by atoms with Crippen LogP contribution in [0.5, 0.6) is 5.88 Å². The second kappa shape index (κ2) is 9.91. The molecule has 1 aromatic rings. The molecule has 0 aliphatic rings. The predicted octanol–water partition coefficient (Wildman–Crippen LogP) is 2.82. The molecule has 0 aliphatic carbocycles. The minimum absolute atomic E-state index is 0.451. The van der Waals surface area contributed by atoms with Gasteiger partial charge in [-0.05, 0) is 19.8 Å². The lowest BCUT2D eigenvalue weighted by atomic mass is 10.3. The Morgan fingerprint density at radius 2 is 1.90 bits per heavy atom. The van der Waals surface area contributed by atoms with E-state index >= 15 is 0 Å². The lowest BCUT2D eigenvalue weighted by Crippen LogP contribution is -2.11. The summed E-state index contributed by atoms with van der Waals surface area (Å²) >= 11 is 6.08. The molecule has 1 rings (SSSR count). The van der Waals surface area contributed by atoms with Gasteiger partial charge in [0.2, 0.25) is 5.88 Å². The fraction of sp³-hybridized carbons (Fsp3) is 0.714. The maximum absolute atomic E-state index is 6.08. The zero-order chi connectivity index (χ0) is 14.8. The average Bonchev–Trinajstić information content (AvgIpc) is 2.43. The van der Waals surface area contributed by atoms with Crippen LogP contribution in [0.3, 0.4) is 0 Å². The molecule has 1 heterocycles. The fourth-order valence-electron chi connectivity index (χ4n) is 1.59. The first-order valence-corrected chi connectivity index (χ1v) is 7.29. The van der Waals surface area contributed by atoms with Crippen molar-refractivity contribution >= 4 is 11.6 Å². The lowest BCUT2D eigenvalue weighted by molar-refractivity contribution is 0.0793. The molecule has 0 radical (unpaired) electrons. The van der Waals surface area contributed by atoms with Crippen LogP contribution in [0.15, 0.2) is 0 Å². The summed E-state index contributed by atoms with van der Waals surface area (Å²) in [7, 11) is 1.68. The quantitative estimate of drug-likeness (QED) is 0.491. The number of ether oxygens (including phenoxy) is 3. The smallest absolute Gasteiger partial charge is 0.221 e. The van der Waals surface area contributed by atoms with Gasteiger partial charge < -0.3 is 14.2 Å². The minimum Gasteiger partial charge on any atom is -0.475 e. The Bertz CT molecular complexity index is 402. The summed E-state index contributed by atoms with van der Waals surface area (Å²) in [5.74, 6) is 1.27. The monoisotopic (exact) mass is 302 g/mol. The summed E-state index contributed by atoms with van der Waals surface area (Å²) in [4.78, 5) is 8.61. The topological polar surface area (TPSA) is 53.5 Å². The maximum Gasteiger partial charge on any atom is 0.221 e. The highest BCUT2D eigenvalue weighted by molar-refractivity contribution is 6.30. The zero-order valence-electron chi connectivity index (χ0n) is 12.4. The van der Waals surface area contributed by atoms with Crippen molar-refractivity contribution < 1.29 is 14.2 Å². The molecule has 0 spiro atoms. The summed E-state index contributed by atoms with van der Waals surface area (Å²) in [5, 5.41) is 0.458. The Kier molecular flexibility index (Phi) is 8.49. The first-order chi connectivity index (χ1) is 9.69. The Hall–Kier alpha value is -0.910. The van der Waals surface area contributed by atoms with Crippen molar-refractivity contribution in [1.82, 2.24) is 9.97 Å². The van der Waals surface area contributed by atoms with E-state index in [1.807, 2.05) is 6.92 Å². The third-order valence-electron chi connectivity index (χ3n) is 2.67. The molecule has 0 bridgehead atoms. The molecular weight excluding hydrogens is 280 g/mol. The van der Waals surface area contributed by atoms with Gasteiger partial charge in [-0.25, -0.2) is 4.98 Å². The average molecular weight is 303 g/mol. The Balaban J connectivity index is 2.38. The third kappa shape index (κ3) is 6.03. The molecule has 0 fully saturated rings. The van der Waals surface area contributed by atoms with Gasteiger partial charge in [-0.3, -0.25) is 0 Å². The van der Waals surface area contributed by atoms with E-state index in [0.29, 0.717) is 37.5 Å². The van der Waals surface area contributed by atoms with Gasteiger partial charge in [0.15, 0.2) is 0 Å². The van der Waals surface area contributed by atoms with Crippen molar-refractivity contribution in [3.63, 3.8) is 0 Å². The van der Waals surface area contributed by atoms with Crippen LogP contribution in [0, 0.1) is 6.92 Å². The Labute approximate surface area is 125 Å². The van der Waals surface area contributed by atoms with Crippen molar-refractivity contribution in [2.24, 2.45) is 0 Å². The first-order valence-electron chi connectivity index (χ1n) is 6.91. The zero-order valence-corrected chi connectivity index (χ0v) is 13.2. The van der Waals surface area contributed by atoms with Crippen molar-refractivity contribution in [2.45, 2.75) is 33.1 Å². The number of aromatic nitrogens is 2. The van der Waals surface area contributed by atoms with Crippen LogP contribution in [0.25, 0.3) is 0 Å². The maximum atomic E-state index is 6.08. The van der Waals surface area contributed by atoms with Crippen LogP contribution in [-0.4, -0.2) is 43.5 Å². The number of aryl methyl sites for hydroxylation is 1. The molecule has 0 aliphatic heterocycles. The van der Waals surface area contributed by atoms with Gasteiger partial charge in [-0.15, -0.1) is 0 Å². The SMILES string of the molecule is CCCc1nc(Cl)c(C)c(OCCOCCCOC)n1. The van der Waals surface area contributed by atoms with Gasteiger partial charge in [-0.1, -0.05) is 18.5 Å². The van der Waals surface area contributed by atoms with Crippen molar-refractivity contribution in [3.05, 3.63) is 16.5 Å². The van der Waals surface area contributed by atoms with E-state index in [1.165, 1.54) is 0 Å². The highest BCUT2D eigenvalue weighted by Crippen LogP contribution is 2.22. The number of hydrogen-bond donors (Lipinski definition) is 0. The lowest BCUT2D eigenvalue weighted by Gasteiger charge is -2.10. The van der Waals surface area contributed by atoms with Crippen LogP contribution in [0.2, 0.25) is 5.15 Å². The molecule has 0 N–H and O–H groups in total. The van der Waals surface area contributed by atoms with Crippen molar-refractivity contribution in [3.8, 4) is 5.88 Å². The third-order valence-corrected chi connectivity index (χ3v) is 3.03. The van der Waals surface area contributed by atoms with Crippen LogP contribution < -0.4 is 4.74 Å². The van der Waals surface area contributed by atoms with Crippen molar-refractivity contribution in [2.75, 3.05) is 33.5 Å². The molecule has 5 nitrogen and oxygen atoms in total. The summed E-state index contributed by atoms with van der Waals surface area (Å²) in [5.41, 5.74) is 0.769. The van der Waals surface area contributed by atoms with E-state index in [0.717, 1.165) is 30.7 Å². The van der Waals surface area contributed by atoms with E-state index < -0.39 is 0 Å². The molecule has 0 amide bonds. The molecule has 114 valence electrons. The van der Waals surface area contributed by atoms with Crippen LogP contribution in [-0.2, 0) is 15.9 Å². The molecule has 0 aromatic carbocycles. The first kappa shape index (κ1) is 17.1. The van der Waals surface area contributed by atoms with Gasteiger partial charge >= 0.3 is 0 Å². The molecule has 0 unspecified atom stereocenters. The Morgan fingerprint density at radius 1 is 1.10 bits per heavy atom. The summed E-state index contributed by atoms with van der Waals surface area (Å²) < 4.78 is 16.0. The second-order valence-corrected chi connectivity index (χ2v) is 4.78. The van der Waals surface area contributed by atoms with Crippen LogP contribution in [0.1, 0.15) is 31.2 Å². The van der Waals surface area contributed by atoms with E-state index in [-0.39, 0.29) is 0 Å². The largest absolute Gasteiger partial charge is 0.475 e. The highest BCUT2D eigenvalue weighted by Gasteiger charge is 2.10. The van der Waals surface area contributed by atoms with E-state index in [9.17, 15) is 0 Å².